The second-order valence-corrected chi connectivity index (χ2v) is 13.2. The van der Waals surface area contributed by atoms with Crippen molar-refractivity contribution in [2.24, 2.45) is 0 Å². The molecule has 0 radical (unpaired) electrons. The summed E-state index contributed by atoms with van der Waals surface area (Å²) in [5, 5.41) is 5.81. The SMILES string of the molecule is c1ccc(-c2ccc3c(c2)sc2c(-c4ccc5ccccc5c4)nc(-c4ccc(-c5cccc6c5oc5ccccc56)cc4)nc23)cc1. The first-order valence-corrected chi connectivity index (χ1v) is 16.9. The third-order valence-electron chi connectivity index (χ3n) is 9.30. The van der Waals surface area contributed by atoms with Crippen LogP contribution in [0.5, 0.6) is 0 Å². The predicted molar refractivity (Wildman–Crippen MR) is 201 cm³/mol. The maximum atomic E-state index is 6.34. The van der Waals surface area contributed by atoms with E-state index < -0.39 is 0 Å². The Morgan fingerprint density at radius 3 is 2.08 bits per heavy atom. The zero-order valence-electron chi connectivity index (χ0n) is 25.7. The van der Waals surface area contributed by atoms with Crippen molar-refractivity contribution < 1.29 is 4.42 Å². The highest BCUT2D eigenvalue weighted by Crippen LogP contribution is 2.42. The van der Waals surface area contributed by atoms with E-state index >= 15 is 0 Å². The minimum atomic E-state index is 0.714. The van der Waals surface area contributed by atoms with Crippen molar-refractivity contribution in [3.8, 4) is 44.9 Å². The molecule has 3 nitrogen and oxygen atoms in total. The number of furan rings is 1. The molecule has 0 saturated heterocycles. The largest absolute Gasteiger partial charge is 0.455 e. The number of hydrogen-bond acceptors (Lipinski definition) is 4. The molecule has 10 aromatic rings. The molecule has 0 atom stereocenters. The van der Waals surface area contributed by atoms with Crippen LogP contribution in [0.4, 0.5) is 0 Å². The zero-order chi connectivity index (χ0) is 31.6. The van der Waals surface area contributed by atoms with Gasteiger partial charge < -0.3 is 4.42 Å². The van der Waals surface area contributed by atoms with Gasteiger partial charge >= 0.3 is 0 Å². The number of benzene rings is 7. The van der Waals surface area contributed by atoms with Gasteiger partial charge in [0, 0.05) is 37.5 Å². The fourth-order valence-corrected chi connectivity index (χ4v) is 8.08. The number of rotatable bonds is 4. The molecule has 0 N–H and O–H groups in total. The number of nitrogens with zero attached hydrogens (tertiary/aromatic N) is 2. The lowest BCUT2D eigenvalue weighted by molar-refractivity contribution is 0.670. The van der Waals surface area contributed by atoms with E-state index in [4.69, 9.17) is 14.4 Å². The molecule has 0 unspecified atom stereocenters. The molecule has 0 aliphatic heterocycles. The Kier molecular flexibility index (Phi) is 6.05. The fourth-order valence-electron chi connectivity index (χ4n) is 6.89. The van der Waals surface area contributed by atoms with Crippen LogP contribution in [0.1, 0.15) is 0 Å². The molecule has 0 bridgehead atoms. The third kappa shape index (κ3) is 4.34. The first-order chi connectivity index (χ1) is 23.8. The van der Waals surface area contributed by atoms with Gasteiger partial charge in [0.2, 0.25) is 0 Å². The van der Waals surface area contributed by atoms with Crippen LogP contribution >= 0.6 is 11.3 Å². The first kappa shape index (κ1) is 27.1. The minimum Gasteiger partial charge on any atom is -0.455 e. The lowest BCUT2D eigenvalue weighted by atomic mass is 10.0. The second kappa shape index (κ2) is 10.7. The molecule has 10 rings (SSSR count). The van der Waals surface area contributed by atoms with Gasteiger partial charge in [0.1, 0.15) is 11.2 Å². The zero-order valence-corrected chi connectivity index (χ0v) is 26.5. The molecule has 0 spiro atoms. The smallest absolute Gasteiger partial charge is 0.160 e. The monoisotopic (exact) mass is 630 g/mol. The van der Waals surface area contributed by atoms with Crippen LogP contribution in [-0.2, 0) is 0 Å². The van der Waals surface area contributed by atoms with Crippen LogP contribution in [0, 0.1) is 0 Å². The number of hydrogen-bond donors (Lipinski definition) is 0. The molecule has 0 aliphatic rings. The van der Waals surface area contributed by atoms with Gasteiger partial charge in [0.25, 0.3) is 0 Å². The summed E-state index contributed by atoms with van der Waals surface area (Å²) in [4.78, 5) is 10.5. The van der Waals surface area contributed by atoms with E-state index in [0.717, 1.165) is 65.5 Å². The topological polar surface area (TPSA) is 38.9 Å². The summed E-state index contributed by atoms with van der Waals surface area (Å²) < 4.78 is 8.64. The summed E-state index contributed by atoms with van der Waals surface area (Å²) in [5.41, 5.74) is 10.4. The average Bonchev–Trinajstić information content (AvgIpc) is 3.73. The van der Waals surface area contributed by atoms with Gasteiger partial charge in [-0.05, 0) is 45.7 Å². The van der Waals surface area contributed by atoms with Crippen LogP contribution in [0.15, 0.2) is 162 Å². The van der Waals surface area contributed by atoms with Crippen molar-refractivity contribution in [3.63, 3.8) is 0 Å². The first-order valence-electron chi connectivity index (χ1n) is 16.1. The van der Waals surface area contributed by atoms with Gasteiger partial charge in [0.05, 0.1) is 15.9 Å². The summed E-state index contributed by atoms with van der Waals surface area (Å²) in [6.45, 7) is 0. The number of para-hydroxylation sites is 2. The van der Waals surface area contributed by atoms with Crippen LogP contribution < -0.4 is 0 Å². The Balaban J connectivity index is 1.14. The van der Waals surface area contributed by atoms with Gasteiger partial charge in [-0.2, -0.15) is 0 Å². The standard InChI is InChI=1S/C44H26N2OS/c1-2-9-27(10-3-1)32-23-24-37-39(26-32)48-43-40(33-22-17-28-11-4-5-12-31(28)25-33)45-44(46-41(37)43)30-20-18-29(19-21-30)34-14-8-15-36-35-13-6-7-16-38(35)47-42(34)36/h1-26H. The van der Waals surface area contributed by atoms with E-state index in [1.807, 2.05) is 12.1 Å². The summed E-state index contributed by atoms with van der Waals surface area (Å²) in [6.07, 6.45) is 0. The molecule has 0 amide bonds. The van der Waals surface area contributed by atoms with E-state index in [-0.39, 0.29) is 0 Å². The Bertz CT molecular complexity index is 2830. The summed E-state index contributed by atoms with van der Waals surface area (Å²) in [5.74, 6) is 0.714. The second-order valence-electron chi connectivity index (χ2n) is 12.2. The van der Waals surface area contributed by atoms with E-state index in [2.05, 4.69) is 146 Å². The quantitative estimate of drug-likeness (QED) is 0.194. The van der Waals surface area contributed by atoms with Gasteiger partial charge in [0.15, 0.2) is 5.82 Å². The summed E-state index contributed by atoms with van der Waals surface area (Å²) >= 11 is 1.77. The van der Waals surface area contributed by atoms with Crippen molar-refractivity contribution in [2.75, 3.05) is 0 Å². The maximum Gasteiger partial charge on any atom is 0.160 e. The van der Waals surface area contributed by atoms with E-state index in [1.165, 1.54) is 26.6 Å². The lowest BCUT2D eigenvalue weighted by Crippen LogP contribution is -1.94. The molecule has 0 saturated carbocycles. The average molecular weight is 631 g/mol. The normalized spacial score (nSPS) is 11.8. The molecule has 48 heavy (non-hydrogen) atoms. The highest BCUT2D eigenvalue weighted by Gasteiger charge is 2.18. The van der Waals surface area contributed by atoms with Crippen LogP contribution in [0.2, 0.25) is 0 Å². The van der Waals surface area contributed by atoms with E-state index in [0.29, 0.717) is 5.82 Å². The molecular formula is C44H26N2OS. The highest BCUT2D eigenvalue weighted by molar-refractivity contribution is 7.26. The van der Waals surface area contributed by atoms with Crippen LogP contribution in [0.3, 0.4) is 0 Å². The Morgan fingerprint density at radius 1 is 0.458 bits per heavy atom. The minimum absolute atomic E-state index is 0.714. The van der Waals surface area contributed by atoms with E-state index in [9.17, 15) is 0 Å². The fraction of sp³-hybridized carbons (Fsp3) is 0. The molecule has 3 aromatic heterocycles. The van der Waals surface area contributed by atoms with Crippen molar-refractivity contribution in [1.29, 1.82) is 0 Å². The molecular weight excluding hydrogens is 605 g/mol. The Hall–Kier alpha value is -6.10. The summed E-state index contributed by atoms with van der Waals surface area (Å²) in [7, 11) is 0. The number of fused-ring (bicyclic) bond motifs is 7. The molecule has 7 aromatic carbocycles. The van der Waals surface area contributed by atoms with Gasteiger partial charge in [-0.3, -0.25) is 0 Å². The Morgan fingerprint density at radius 2 is 1.19 bits per heavy atom. The summed E-state index contributed by atoms with van der Waals surface area (Å²) in [6, 6.07) is 55.5. The number of aromatic nitrogens is 2. The van der Waals surface area contributed by atoms with Crippen molar-refractivity contribution in [1.82, 2.24) is 9.97 Å². The van der Waals surface area contributed by atoms with E-state index in [1.54, 1.807) is 11.3 Å². The molecule has 0 fully saturated rings. The molecule has 3 heterocycles. The molecule has 4 heteroatoms. The Labute approximate surface area is 280 Å². The molecule has 0 aliphatic carbocycles. The van der Waals surface area contributed by atoms with Crippen molar-refractivity contribution in [3.05, 3.63) is 158 Å². The third-order valence-corrected chi connectivity index (χ3v) is 10.5. The lowest BCUT2D eigenvalue weighted by Gasteiger charge is -2.09. The predicted octanol–water partition coefficient (Wildman–Crippen LogP) is 12.6. The number of thiophene rings is 1. The van der Waals surface area contributed by atoms with Gasteiger partial charge in [-0.1, -0.05) is 140 Å². The molecule has 224 valence electrons. The van der Waals surface area contributed by atoms with Crippen LogP contribution in [-0.4, -0.2) is 9.97 Å². The van der Waals surface area contributed by atoms with Gasteiger partial charge in [-0.25, -0.2) is 9.97 Å². The van der Waals surface area contributed by atoms with Crippen molar-refractivity contribution >= 4 is 64.4 Å². The highest BCUT2D eigenvalue weighted by atomic mass is 32.1. The van der Waals surface area contributed by atoms with Gasteiger partial charge in [-0.15, -0.1) is 11.3 Å². The maximum absolute atomic E-state index is 6.34. The van der Waals surface area contributed by atoms with Crippen molar-refractivity contribution in [2.45, 2.75) is 0 Å². The van der Waals surface area contributed by atoms with Crippen LogP contribution in [0.25, 0.3) is 97.9 Å².